The third-order valence-corrected chi connectivity index (χ3v) is 26.9. The van der Waals surface area contributed by atoms with Crippen LogP contribution in [0, 0.1) is 96.9 Å². The predicted octanol–water partition coefficient (Wildman–Crippen LogP) is 29.4. The van der Waals surface area contributed by atoms with E-state index in [-0.39, 0.29) is 0 Å². The average molecular weight is 1620 g/mol. The molecule has 0 unspecified atom stereocenters. The van der Waals surface area contributed by atoms with Crippen molar-refractivity contribution in [2.45, 2.75) is 247 Å². The molecule has 0 bridgehead atoms. The Balaban J connectivity index is 0.000000142. The van der Waals surface area contributed by atoms with E-state index in [1.54, 1.807) is 0 Å². The molecule has 0 aliphatic heterocycles. The standard InChI is InChI=1S/C26H34N.C25H30N.C23H28N.C22H26N.C21H24N/c1-16(2)20-14-24(18(5)6)19(7)25(15-20)26-23-11-9-10-21(17(3)4)22(23)12-13-27(26)8;1-16-12-17(2)19(4)24(13-16)25-22-11-10-21(20-8-6-7-9-20)14-23(22)18(3)15-26(25)5;1-14(2)19-9-8-10-20-22(19)13-17(5)24(7)23(20)21-12-15(3)11-16(4)18(21)6;1-14(2)18-8-7-9-19-21(18)13-17(5)23(6)22(19)20-12-15(3)10-11-16(20)4;1-14(2)17-11-8-12-19-20(17)13-16(4)22(5)21(19)18-10-7-6-9-15(18)3/h9-18H,1-8H3;10-15,20H,6-9H2,1-5H3;8-14H,1-7H3;7-14H,1-6H3;6-14H,1-5H3/q5*+1/i13D;15D;;;. The molecule has 0 saturated heterocycles. The van der Waals surface area contributed by atoms with Crippen molar-refractivity contribution < 1.29 is 25.6 Å². The zero-order valence-electron chi connectivity index (χ0n) is 82.1. The highest BCUT2D eigenvalue weighted by Crippen LogP contribution is 2.43. The molecule has 5 heterocycles. The Kier molecular flexibility index (Phi) is 27.2. The number of hydrogen-bond acceptors (Lipinski definition) is 0. The van der Waals surface area contributed by atoms with Gasteiger partial charge in [-0.25, -0.2) is 9.13 Å². The molecule has 0 N–H and O–H groups in total. The monoisotopic (exact) mass is 1620 g/mol. The summed E-state index contributed by atoms with van der Waals surface area (Å²) in [5.41, 5.74) is 40.8. The summed E-state index contributed by atoms with van der Waals surface area (Å²) in [6, 6.07) is 72.0. The summed E-state index contributed by atoms with van der Waals surface area (Å²) in [4.78, 5) is 0. The first-order valence-electron chi connectivity index (χ1n) is 46.3. The van der Waals surface area contributed by atoms with Gasteiger partial charge in [0, 0.05) is 61.7 Å². The highest BCUT2D eigenvalue weighted by atomic mass is 15.0. The third kappa shape index (κ3) is 18.6. The normalized spacial score (nSPS) is 12.6. The largest absolute Gasteiger partial charge is 0.220 e. The topological polar surface area (TPSA) is 19.4 Å². The summed E-state index contributed by atoms with van der Waals surface area (Å²) >= 11 is 0. The molecule has 630 valence electrons. The van der Waals surface area contributed by atoms with Gasteiger partial charge in [0.05, 0.1) is 43.6 Å². The van der Waals surface area contributed by atoms with Gasteiger partial charge in [0.1, 0.15) is 38.0 Å². The van der Waals surface area contributed by atoms with Gasteiger partial charge in [0.2, 0.25) is 28.5 Å². The molecule has 1 saturated carbocycles. The lowest BCUT2D eigenvalue weighted by Gasteiger charge is -2.19. The zero-order chi connectivity index (χ0) is 90.2. The second kappa shape index (κ2) is 37.9. The van der Waals surface area contributed by atoms with E-state index in [0.29, 0.717) is 53.8 Å². The van der Waals surface area contributed by atoms with E-state index in [4.69, 9.17) is 2.74 Å². The second-order valence-electron chi connectivity index (χ2n) is 37.8. The van der Waals surface area contributed by atoms with Crippen LogP contribution >= 0.6 is 0 Å². The van der Waals surface area contributed by atoms with E-state index in [0.717, 1.165) is 11.3 Å². The van der Waals surface area contributed by atoms with Crippen LogP contribution in [0.2, 0.25) is 0 Å². The van der Waals surface area contributed by atoms with Crippen LogP contribution in [0.4, 0.5) is 0 Å². The lowest BCUT2D eigenvalue weighted by Crippen LogP contribution is -2.35. The van der Waals surface area contributed by atoms with Gasteiger partial charge in [-0.2, -0.15) is 13.7 Å². The Labute approximate surface area is 737 Å². The maximum Gasteiger partial charge on any atom is 0.220 e. The van der Waals surface area contributed by atoms with E-state index in [1.807, 2.05) is 24.7 Å². The van der Waals surface area contributed by atoms with Crippen molar-refractivity contribution in [1.82, 2.24) is 0 Å². The third-order valence-electron chi connectivity index (χ3n) is 26.9. The van der Waals surface area contributed by atoms with Crippen molar-refractivity contribution in [1.29, 1.82) is 0 Å². The average Bonchev–Trinajstić information content (AvgIpc) is 0.910. The van der Waals surface area contributed by atoms with Gasteiger partial charge in [-0.3, -0.25) is 0 Å². The number of fused-ring (bicyclic) bond motifs is 5. The van der Waals surface area contributed by atoms with Crippen molar-refractivity contribution in [3.8, 4) is 56.3 Å². The Morgan fingerprint density at radius 2 is 0.664 bits per heavy atom. The van der Waals surface area contributed by atoms with E-state index < -0.39 is 0 Å². The first-order valence-corrected chi connectivity index (χ1v) is 45.3. The first kappa shape index (κ1) is 87.6. The summed E-state index contributed by atoms with van der Waals surface area (Å²) in [5.74, 6) is 3.64. The van der Waals surface area contributed by atoms with Crippen molar-refractivity contribution >= 4 is 53.9 Å². The highest BCUT2D eigenvalue weighted by molar-refractivity contribution is 6.00. The Bertz CT molecular complexity index is 6570. The lowest BCUT2D eigenvalue weighted by molar-refractivity contribution is -0.665. The molecule has 16 rings (SSSR count). The lowest BCUT2D eigenvalue weighted by atomic mass is 9.86. The fourth-order valence-electron chi connectivity index (χ4n) is 19.3. The van der Waals surface area contributed by atoms with Crippen molar-refractivity contribution in [3.05, 3.63) is 324 Å². The molecule has 0 spiro atoms. The molecule has 10 aromatic carbocycles. The van der Waals surface area contributed by atoms with Gasteiger partial charge in [-0.05, 0) is 296 Å². The molecule has 0 radical (unpaired) electrons. The van der Waals surface area contributed by atoms with E-state index in [2.05, 4.69) is 407 Å². The van der Waals surface area contributed by atoms with Gasteiger partial charge >= 0.3 is 0 Å². The van der Waals surface area contributed by atoms with E-state index in [1.165, 1.54) is 242 Å². The van der Waals surface area contributed by atoms with Crippen molar-refractivity contribution in [2.24, 2.45) is 35.2 Å². The van der Waals surface area contributed by atoms with Gasteiger partial charge < -0.3 is 0 Å². The number of hydrogen-bond donors (Lipinski definition) is 0. The molecule has 15 aromatic rings. The summed E-state index contributed by atoms with van der Waals surface area (Å²) in [5, 5.41) is 13.1. The minimum atomic E-state index is 0.429. The molecule has 1 aliphatic carbocycles. The molecule has 0 amide bonds. The predicted molar refractivity (Wildman–Crippen MR) is 525 cm³/mol. The minimum Gasteiger partial charge on any atom is -0.200 e. The molecule has 1 aliphatic rings. The van der Waals surface area contributed by atoms with Gasteiger partial charge in [0.15, 0.2) is 29.4 Å². The summed E-state index contributed by atoms with van der Waals surface area (Å²) in [7, 11) is 10.6. The number of benzene rings is 10. The smallest absolute Gasteiger partial charge is 0.200 e. The van der Waals surface area contributed by atoms with Gasteiger partial charge in [-0.15, -0.1) is 0 Å². The summed E-state index contributed by atoms with van der Waals surface area (Å²) in [6.07, 6.45) is 6.48. The molecular weight excluding hydrogens is 1480 g/mol. The molecule has 0 atom stereocenters. The van der Waals surface area contributed by atoms with Crippen LogP contribution < -0.4 is 22.8 Å². The molecule has 5 aromatic heterocycles. The fraction of sp³-hybridized carbons (Fsp3) is 0.359. The van der Waals surface area contributed by atoms with Crippen LogP contribution in [0.25, 0.3) is 110 Å². The minimum absolute atomic E-state index is 0.429. The van der Waals surface area contributed by atoms with Crippen molar-refractivity contribution in [3.63, 3.8) is 0 Å². The Morgan fingerprint density at radius 1 is 0.270 bits per heavy atom. The number of pyridine rings is 5. The Morgan fingerprint density at radius 3 is 1.12 bits per heavy atom. The molecular formula is C117H142N5+5. The van der Waals surface area contributed by atoms with Gasteiger partial charge in [0.25, 0.3) is 0 Å². The summed E-state index contributed by atoms with van der Waals surface area (Å²) in [6.45, 7) is 57.8. The van der Waals surface area contributed by atoms with Crippen LogP contribution in [-0.4, -0.2) is 0 Å². The Hall–Kier alpha value is -10.8. The number of nitrogens with zero attached hydrogens (tertiary/aromatic N) is 5. The van der Waals surface area contributed by atoms with E-state index in [9.17, 15) is 0 Å². The number of rotatable bonds is 12. The fourth-order valence-corrected chi connectivity index (χ4v) is 19.3. The number of aryl methyl sites for hydroxylation is 11. The molecule has 1 fully saturated rings. The highest BCUT2D eigenvalue weighted by Gasteiger charge is 2.29. The molecule has 5 heteroatoms. The molecule has 122 heavy (non-hydrogen) atoms. The van der Waals surface area contributed by atoms with Gasteiger partial charge in [-0.1, -0.05) is 222 Å². The quantitative estimate of drug-likeness (QED) is 0.109. The maximum absolute atomic E-state index is 8.74. The van der Waals surface area contributed by atoms with E-state index >= 15 is 0 Å². The number of aromatic nitrogens is 5. The molecule has 5 nitrogen and oxygen atoms in total. The van der Waals surface area contributed by atoms with Crippen LogP contribution in [0.1, 0.15) is 270 Å². The first-order chi connectivity index (χ1) is 58.7. The van der Waals surface area contributed by atoms with Crippen LogP contribution in [0.3, 0.4) is 0 Å². The summed E-state index contributed by atoms with van der Waals surface area (Å²) < 4.78 is 28.5. The van der Waals surface area contributed by atoms with Crippen LogP contribution in [0.15, 0.2) is 206 Å². The van der Waals surface area contributed by atoms with Crippen LogP contribution in [0.5, 0.6) is 0 Å². The maximum atomic E-state index is 8.74. The van der Waals surface area contributed by atoms with Crippen LogP contribution in [-0.2, 0) is 35.2 Å². The van der Waals surface area contributed by atoms with Crippen molar-refractivity contribution in [2.75, 3.05) is 0 Å². The SMILES string of the molecule is Cc1cc(C)c(C)c(-c2c3cccc(C(C)C)c3cc(C)[n+]2C)c1.Cc1ccc(C)c(-c2c3cccc(C(C)C)c3cc(C)[n+]2C)c1.Cc1ccccc1-c1c2cccc(C(C)C)c2cc(C)[n+]1C.[2H]c1c(C)c2cc(C3CCCC3)ccc2c(-c2cc(C)cc(C)c2C)[n+]1C.[2H]c1cc2c(C(C)C)cccc2c(-c2cc(C(C)C)cc(C(C)C)c2C)[n+]1C. The second-order valence-corrected chi connectivity index (χ2v) is 37.8. The zero-order valence-corrected chi connectivity index (χ0v) is 80.1.